The molecule has 5 unspecified atom stereocenters. The molecule has 5 N–H and O–H groups in total. The third-order valence-electron chi connectivity index (χ3n) is 2.56. The van der Waals surface area contributed by atoms with E-state index in [-0.39, 0.29) is 13.2 Å². The van der Waals surface area contributed by atoms with Crippen LogP contribution in [0.3, 0.4) is 0 Å². The summed E-state index contributed by atoms with van der Waals surface area (Å²) in [5.41, 5.74) is 0. The first kappa shape index (κ1) is 11.8. The Morgan fingerprint density at radius 2 is 1.64 bits per heavy atom. The minimum atomic E-state index is -1.32. The molecule has 0 aromatic carbocycles. The summed E-state index contributed by atoms with van der Waals surface area (Å²) in [6.07, 6.45) is -3.81. The van der Waals surface area contributed by atoms with Gasteiger partial charge >= 0.3 is 0 Å². The highest BCUT2D eigenvalue weighted by Crippen LogP contribution is 2.23. The van der Waals surface area contributed by atoms with Crippen LogP contribution in [0.4, 0.5) is 0 Å². The lowest BCUT2D eigenvalue weighted by molar-refractivity contribution is -0.159. The van der Waals surface area contributed by atoms with Crippen molar-refractivity contribution in [3.05, 3.63) is 0 Å². The van der Waals surface area contributed by atoms with E-state index in [1.54, 1.807) is 0 Å². The molecule has 0 radical (unpaired) electrons. The third-order valence-corrected chi connectivity index (χ3v) is 2.56. The van der Waals surface area contributed by atoms with E-state index in [9.17, 15) is 15.3 Å². The lowest BCUT2D eigenvalue weighted by Gasteiger charge is -2.25. The fourth-order valence-electron chi connectivity index (χ4n) is 1.50. The van der Waals surface area contributed by atoms with Crippen molar-refractivity contribution in [1.29, 1.82) is 0 Å². The first-order valence-electron chi connectivity index (χ1n) is 4.49. The maximum atomic E-state index is 9.53. The normalized spacial score (nSPS) is 44.8. The van der Waals surface area contributed by atoms with Crippen LogP contribution >= 0.6 is 0 Å². The summed E-state index contributed by atoms with van der Waals surface area (Å²) in [4.78, 5) is 0. The molecule has 1 rings (SSSR count). The molecular weight excluding hydrogens is 192 g/mol. The SMILES string of the molecule is OCC1COC(O)C(CO)C(O)C1O. The second-order valence-corrected chi connectivity index (χ2v) is 3.49. The Morgan fingerprint density at radius 3 is 2.14 bits per heavy atom. The second-order valence-electron chi connectivity index (χ2n) is 3.49. The fraction of sp³-hybridized carbons (Fsp3) is 1.00. The van der Waals surface area contributed by atoms with Crippen molar-refractivity contribution in [2.24, 2.45) is 11.8 Å². The van der Waals surface area contributed by atoms with Crippen molar-refractivity contribution in [2.45, 2.75) is 18.5 Å². The molecule has 0 saturated carbocycles. The summed E-state index contributed by atoms with van der Waals surface area (Å²) in [6.45, 7) is -0.882. The molecule has 0 amide bonds. The second kappa shape index (κ2) is 5.01. The molecule has 0 aromatic rings. The van der Waals surface area contributed by atoms with Gasteiger partial charge in [-0.25, -0.2) is 0 Å². The lowest BCUT2D eigenvalue weighted by Crippen LogP contribution is -2.43. The first-order valence-corrected chi connectivity index (χ1v) is 4.49. The summed E-state index contributed by atoms with van der Waals surface area (Å²) >= 11 is 0. The van der Waals surface area contributed by atoms with E-state index in [4.69, 9.17) is 14.9 Å². The van der Waals surface area contributed by atoms with Gasteiger partial charge in [-0.1, -0.05) is 0 Å². The maximum Gasteiger partial charge on any atom is 0.162 e. The van der Waals surface area contributed by atoms with Crippen LogP contribution in [-0.4, -0.2) is 63.9 Å². The Bertz CT molecular complexity index is 175. The van der Waals surface area contributed by atoms with Crippen molar-refractivity contribution in [1.82, 2.24) is 0 Å². The van der Waals surface area contributed by atoms with Gasteiger partial charge in [-0.15, -0.1) is 0 Å². The average Bonchev–Trinajstić information content (AvgIpc) is 2.27. The van der Waals surface area contributed by atoms with Gasteiger partial charge in [0.2, 0.25) is 0 Å². The summed E-state index contributed by atoms with van der Waals surface area (Å²) in [6, 6.07) is 0. The van der Waals surface area contributed by atoms with E-state index in [2.05, 4.69) is 0 Å². The average molecular weight is 208 g/mol. The van der Waals surface area contributed by atoms with Gasteiger partial charge in [0.1, 0.15) is 0 Å². The molecule has 1 aliphatic rings. The van der Waals surface area contributed by atoms with Crippen molar-refractivity contribution in [3.63, 3.8) is 0 Å². The molecule has 1 aliphatic heterocycles. The Balaban J connectivity index is 2.73. The minimum absolute atomic E-state index is 0.0492. The van der Waals surface area contributed by atoms with Crippen LogP contribution in [0.5, 0.6) is 0 Å². The van der Waals surface area contributed by atoms with E-state index in [0.717, 1.165) is 0 Å². The van der Waals surface area contributed by atoms with Crippen molar-refractivity contribution in [3.8, 4) is 0 Å². The predicted octanol–water partition coefficient (Wildman–Crippen LogP) is -2.73. The van der Waals surface area contributed by atoms with Gasteiger partial charge in [0.05, 0.1) is 37.9 Å². The summed E-state index contributed by atoms with van der Waals surface area (Å²) in [7, 11) is 0. The molecule has 14 heavy (non-hydrogen) atoms. The molecule has 0 aliphatic carbocycles. The molecule has 0 aromatic heterocycles. The number of ether oxygens (including phenoxy) is 1. The molecule has 1 saturated heterocycles. The van der Waals surface area contributed by atoms with E-state index < -0.39 is 36.9 Å². The minimum Gasteiger partial charge on any atom is -0.396 e. The molecule has 1 fully saturated rings. The summed E-state index contributed by atoms with van der Waals surface area (Å²) < 4.78 is 4.87. The van der Waals surface area contributed by atoms with Crippen LogP contribution < -0.4 is 0 Å². The number of rotatable bonds is 2. The lowest BCUT2D eigenvalue weighted by atomic mass is 9.92. The van der Waals surface area contributed by atoms with Gasteiger partial charge in [0.25, 0.3) is 0 Å². The smallest absolute Gasteiger partial charge is 0.162 e. The van der Waals surface area contributed by atoms with Crippen LogP contribution in [0.15, 0.2) is 0 Å². The molecular formula is C8H16O6. The van der Waals surface area contributed by atoms with Gasteiger partial charge in [0.15, 0.2) is 6.29 Å². The number of hydrogen-bond donors (Lipinski definition) is 5. The standard InChI is InChI=1S/C8H16O6/c9-1-4-3-14-8(13)5(2-10)7(12)6(4)11/h4-13H,1-3H2. The molecule has 6 heteroatoms. The largest absolute Gasteiger partial charge is 0.396 e. The zero-order valence-electron chi connectivity index (χ0n) is 7.65. The zero-order valence-corrected chi connectivity index (χ0v) is 7.65. The molecule has 6 nitrogen and oxygen atoms in total. The van der Waals surface area contributed by atoms with Gasteiger partial charge in [-0.2, -0.15) is 0 Å². The molecule has 5 atom stereocenters. The van der Waals surface area contributed by atoms with Gasteiger partial charge in [-0.05, 0) is 0 Å². The number of aliphatic hydroxyl groups excluding tert-OH is 5. The summed E-state index contributed by atoms with van der Waals surface area (Å²) in [5.74, 6) is -1.59. The Kier molecular flexibility index (Phi) is 4.24. The molecule has 0 bridgehead atoms. The molecule has 1 heterocycles. The van der Waals surface area contributed by atoms with E-state index in [1.165, 1.54) is 0 Å². The Labute approximate surface area is 81.4 Å². The Morgan fingerprint density at radius 1 is 1.00 bits per heavy atom. The monoisotopic (exact) mass is 208 g/mol. The van der Waals surface area contributed by atoms with Gasteiger partial charge in [0, 0.05) is 5.92 Å². The van der Waals surface area contributed by atoms with Crippen LogP contribution in [-0.2, 0) is 4.74 Å². The Hall–Kier alpha value is -0.240. The topological polar surface area (TPSA) is 110 Å². The quantitative estimate of drug-likeness (QED) is 0.337. The zero-order chi connectivity index (χ0) is 10.7. The first-order chi connectivity index (χ1) is 6.61. The van der Waals surface area contributed by atoms with E-state index in [0.29, 0.717) is 0 Å². The van der Waals surface area contributed by atoms with Crippen molar-refractivity contribution >= 4 is 0 Å². The van der Waals surface area contributed by atoms with Crippen LogP contribution in [0, 0.1) is 11.8 Å². The highest BCUT2D eigenvalue weighted by Gasteiger charge is 2.39. The third kappa shape index (κ3) is 2.22. The van der Waals surface area contributed by atoms with Crippen LogP contribution in [0.1, 0.15) is 0 Å². The molecule has 84 valence electrons. The van der Waals surface area contributed by atoms with Crippen LogP contribution in [0.2, 0.25) is 0 Å². The number of hydrogen-bond acceptors (Lipinski definition) is 6. The van der Waals surface area contributed by atoms with Crippen molar-refractivity contribution in [2.75, 3.05) is 19.8 Å². The number of aliphatic hydroxyl groups is 5. The van der Waals surface area contributed by atoms with Gasteiger partial charge < -0.3 is 30.3 Å². The molecule has 0 spiro atoms. The highest BCUT2D eigenvalue weighted by molar-refractivity contribution is 4.85. The highest BCUT2D eigenvalue weighted by atomic mass is 16.6. The summed E-state index contributed by atoms with van der Waals surface area (Å²) in [5, 5.41) is 46.1. The fourth-order valence-corrected chi connectivity index (χ4v) is 1.50. The van der Waals surface area contributed by atoms with Crippen LogP contribution in [0.25, 0.3) is 0 Å². The van der Waals surface area contributed by atoms with Crippen molar-refractivity contribution < 1.29 is 30.3 Å². The van der Waals surface area contributed by atoms with E-state index in [1.807, 2.05) is 0 Å². The maximum absolute atomic E-state index is 9.53. The van der Waals surface area contributed by atoms with Gasteiger partial charge in [-0.3, -0.25) is 0 Å². The van der Waals surface area contributed by atoms with E-state index >= 15 is 0 Å². The predicted molar refractivity (Wildman–Crippen MR) is 45.1 cm³/mol.